The highest BCUT2D eigenvalue weighted by molar-refractivity contribution is 5.47. The van der Waals surface area contributed by atoms with Gasteiger partial charge in [-0.05, 0) is 6.42 Å². The van der Waals surface area contributed by atoms with Gasteiger partial charge in [0.25, 0.3) is 0 Å². The van der Waals surface area contributed by atoms with Crippen LogP contribution in [0.3, 0.4) is 0 Å². The van der Waals surface area contributed by atoms with E-state index in [2.05, 4.69) is 0 Å². The number of morpholine rings is 1. The molecule has 1 aliphatic heterocycles. The van der Waals surface area contributed by atoms with Gasteiger partial charge in [0.05, 0.1) is 12.7 Å². The van der Waals surface area contributed by atoms with Crippen molar-refractivity contribution in [2.45, 2.75) is 13.0 Å². The van der Waals surface area contributed by atoms with E-state index in [-0.39, 0.29) is 6.10 Å². The predicted molar refractivity (Wildman–Crippen MR) is 37.4 cm³/mol. The van der Waals surface area contributed by atoms with Gasteiger partial charge in [-0.3, -0.25) is 4.79 Å². The number of hydrogen-bond donors (Lipinski definition) is 0. The third-order valence-electron chi connectivity index (χ3n) is 1.65. The summed E-state index contributed by atoms with van der Waals surface area (Å²) in [7, 11) is 0. The molecule has 1 saturated heterocycles. The normalized spacial score (nSPS) is 26.5. The monoisotopic (exact) mass is 142 g/mol. The van der Waals surface area contributed by atoms with Gasteiger partial charge in [0.2, 0.25) is 6.41 Å². The van der Waals surface area contributed by atoms with Crippen LogP contribution < -0.4 is 0 Å². The first-order valence-electron chi connectivity index (χ1n) is 3.47. The number of ether oxygens (including phenoxy) is 1. The van der Waals surface area contributed by atoms with Crippen molar-refractivity contribution in [1.82, 2.24) is 4.90 Å². The molecule has 3 nitrogen and oxygen atoms in total. The number of carbonyl (C=O) groups is 1. The molecule has 1 amide bonds. The van der Waals surface area contributed by atoms with Gasteiger partial charge in [-0.2, -0.15) is 0 Å². The minimum atomic E-state index is 0.138. The third kappa shape index (κ3) is 1.70. The molecule has 1 atom stereocenters. The van der Waals surface area contributed by atoms with Crippen LogP contribution in [-0.4, -0.2) is 37.1 Å². The highest BCUT2D eigenvalue weighted by Gasteiger charge is 2.16. The second kappa shape index (κ2) is 3.56. The highest BCUT2D eigenvalue weighted by Crippen LogP contribution is 2.04. The predicted octanol–water partition coefficient (Wildman–Crippen LogP) is 0.0678. The number of hydrogen-bond acceptors (Lipinski definition) is 2. The van der Waals surface area contributed by atoms with Crippen molar-refractivity contribution in [2.24, 2.45) is 0 Å². The minimum absolute atomic E-state index is 0.138. The van der Waals surface area contributed by atoms with Gasteiger partial charge in [0.15, 0.2) is 0 Å². The smallest absolute Gasteiger partial charge is 0.209 e. The maximum absolute atomic E-state index is 10.3. The van der Waals surface area contributed by atoms with Gasteiger partial charge in [-0.15, -0.1) is 0 Å². The molecule has 1 heterocycles. The Kier molecular flexibility index (Phi) is 2.68. The summed E-state index contributed by atoms with van der Waals surface area (Å²) in [5.74, 6) is 0. The summed E-state index contributed by atoms with van der Waals surface area (Å²) in [5, 5.41) is 0. The van der Waals surface area contributed by atoms with Crippen LogP contribution in [0.2, 0.25) is 0 Å². The number of nitrogens with zero attached hydrogens (tertiary/aromatic N) is 1. The van der Waals surface area contributed by atoms with Gasteiger partial charge < -0.3 is 9.64 Å². The maximum atomic E-state index is 10.3. The van der Waals surface area contributed by atoms with E-state index in [0.29, 0.717) is 13.2 Å². The molecule has 0 aromatic carbocycles. The van der Waals surface area contributed by atoms with Crippen LogP contribution in [0.1, 0.15) is 6.92 Å². The Morgan fingerprint density at radius 2 is 2.50 bits per heavy atom. The Bertz CT molecular complexity index is 116. The molecule has 10 heavy (non-hydrogen) atoms. The lowest BCUT2D eigenvalue weighted by Gasteiger charge is -2.29. The summed E-state index contributed by atoms with van der Waals surface area (Å²) in [6.07, 6.45) is 2.98. The van der Waals surface area contributed by atoms with Gasteiger partial charge in [-0.25, -0.2) is 0 Å². The quantitative estimate of drug-likeness (QED) is 0.510. The summed E-state index contributed by atoms with van der Waals surface area (Å²) < 4.78 is 5.30. The largest absolute Gasteiger partial charge is 0.374 e. The molecular formula is C7H12NO2. The van der Waals surface area contributed by atoms with Crippen LogP contribution in [0.4, 0.5) is 0 Å². The minimum Gasteiger partial charge on any atom is -0.374 e. The first-order chi connectivity index (χ1) is 4.86. The standard InChI is InChI=1S/C7H12NO2/c1-2-7-5-8(6-9)3-4-10-7/h2,6-7H,3-5H2,1H3. The molecule has 1 unspecified atom stereocenters. The summed E-state index contributed by atoms with van der Waals surface area (Å²) in [4.78, 5) is 12.0. The summed E-state index contributed by atoms with van der Waals surface area (Å²) in [5.41, 5.74) is 0. The Morgan fingerprint density at radius 1 is 1.70 bits per heavy atom. The molecule has 0 aromatic heterocycles. The lowest BCUT2D eigenvalue weighted by molar-refractivity contribution is -0.124. The highest BCUT2D eigenvalue weighted by atomic mass is 16.5. The molecule has 1 fully saturated rings. The molecule has 0 saturated carbocycles. The molecule has 0 spiro atoms. The van der Waals surface area contributed by atoms with Crippen molar-refractivity contribution in [3.8, 4) is 0 Å². The van der Waals surface area contributed by atoms with Gasteiger partial charge in [0.1, 0.15) is 0 Å². The zero-order chi connectivity index (χ0) is 7.40. The molecule has 1 rings (SSSR count). The maximum Gasteiger partial charge on any atom is 0.209 e. The Morgan fingerprint density at radius 3 is 3.10 bits per heavy atom. The van der Waals surface area contributed by atoms with Crippen molar-refractivity contribution in [1.29, 1.82) is 0 Å². The fourth-order valence-electron chi connectivity index (χ4n) is 0.994. The van der Waals surface area contributed by atoms with Crippen molar-refractivity contribution < 1.29 is 9.53 Å². The fourth-order valence-corrected chi connectivity index (χ4v) is 0.994. The average molecular weight is 142 g/mol. The van der Waals surface area contributed by atoms with E-state index < -0.39 is 0 Å². The fraction of sp³-hybridized carbons (Fsp3) is 0.714. The second-order valence-corrected chi connectivity index (χ2v) is 2.34. The first kappa shape index (κ1) is 7.54. The van der Waals surface area contributed by atoms with Crippen LogP contribution >= 0.6 is 0 Å². The molecule has 0 aliphatic carbocycles. The Hall–Kier alpha value is -0.570. The van der Waals surface area contributed by atoms with Crippen molar-refractivity contribution in [3.05, 3.63) is 6.42 Å². The second-order valence-electron chi connectivity index (χ2n) is 2.34. The van der Waals surface area contributed by atoms with E-state index in [1.165, 1.54) is 0 Å². The lowest BCUT2D eigenvalue weighted by Crippen LogP contribution is -2.41. The van der Waals surface area contributed by atoms with E-state index in [1.54, 1.807) is 4.90 Å². The van der Waals surface area contributed by atoms with Crippen molar-refractivity contribution >= 4 is 6.41 Å². The topological polar surface area (TPSA) is 29.5 Å². The lowest BCUT2D eigenvalue weighted by atomic mass is 10.2. The van der Waals surface area contributed by atoms with Crippen LogP contribution in [0.15, 0.2) is 0 Å². The zero-order valence-electron chi connectivity index (χ0n) is 6.12. The zero-order valence-corrected chi connectivity index (χ0v) is 6.12. The molecule has 1 aliphatic rings. The van der Waals surface area contributed by atoms with Crippen molar-refractivity contribution in [2.75, 3.05) is 19.7 Å². The van der Waals surface area contributed by atoms with Gasteiger partial charge in [-0.1, -0.05) is 6.92 Å². The van der Waals surface area contributed by atoms with Crippen LogP contribution in [0.25, 0.3) is 0 Å². The SMILES string of the molecule is C[CH]C1CN(C=O)CCO1. The van der Waals surface area contributed by atoms with Gasteiger partial charge in [0, 0.05) is 13.1 Å². The van der Waals surface area contributed by atoms with Crippen LogP contribution in [0, 0.1) is 6.42 Å². The van der Waals surface area contributed by atoms with E-state index >= 15 is 0 Å². The molecule has 0 aromatic rings. The molecule has 0 bridgehead atoms. The van der Waals surface area contributed by atoms with E-state index in [1.807, 2.05) is 13.3 Å². The first-order valence-corrected chi connectivity index (χ1v) is 3.47. The van der Waals surface area contributed by atoms with Crippen LogP contribution in [-0.2, 0) is 9.53 Å². The third-order valence-corrected chi connectivity index (χ3v) is 1.65. The van der Waals surface area contributed by atoms with Gasteiger partial charge >= 0.3 is 0 Å². The number of carbonyl (C=O) groups excluding carboxylic acids is 1. The van der Waals surface area contributed by atoms with E-state index in [4.69, 9.17) is 4.74 Å². The molecule has 1 radical (unpaired) electrons. The summed E-state index contributed by atoms with van der Waals surface area (Å²) in [6, 6.07) is 0. The van der Waals surface area contributed by atoms with E-state index in [0.717, 1.165) is 13.0 Å². The molecular weight excluding hydrogens is 130 g/mol. The Labute approximate surface area is 61.0 Å². The number of amides is 1. The molecule has 3 heteroatoms. The summed E-state index contributed by atoms with van der Waals surface area (Å²) >= 11 is 0. The number of rotatable bonds is 2. The van der Waals surface area contributed by atoms with E-state index in [9.17, 15) is 4.79 Å². The molecule has 0 N–H and O–H groups in total. The molecule has 57 valence electrons. The Balaban J connectivity index is 2.31. The van der Waals surface area contributed by atoms with Crippen LogP contribution in [0.5, 0.6) is 0 Å². The summed E-state index contributed by atoms with van der Waals surface area (Å²) in [6.45, 7) is 4.04. The average Bonchev–Trinajstić information content (AvgIpc) is 2.05. The van der Waals surface area contributed by atoms with Crippen molar-refractivity contribution in [3.63, 3.8) is 0 Å².